The molecule has 1 aromatic carbocycles. The Balaban J connectivity index is 1.39. The van der Waals surface area contributed by atoms with Crippen LogP contribution in [0.5, 0.6) is 5.75 Å². The molecule has 3 atom stereocenters. The van der Waals surface area contributed by atoms with Crippen molar-refractivity contribution in [1.29, 1.82) is 0 Å². The second-order valence-corrected chi connectivity index (χ2v) is 10.9. The van der Waals surface area contributed by atoms with Gasteiger partial charge in [-0.15, -0.1) is 0 Å². The minimum absolute atomic E-state index is 0.0231. The third-order valence-corrected chi connectivity index (χ3v) is 7.81. The van der Waals surface area contributed by atoms with Crippen molar-refractivity contribution in [2.24, 2.45) is 11.8 Å². The van der Waals surface area contributed by atoms with Gasteiger partial charge in [0.05, 0.1) is 17.7 Å². The van der Waals surface area contributed by atoms with Crippen molar-refractivity contribution in [2.75, 3.05) is 20.3 Å². The van der Waals surface area contributed by atoms with Crippen molar-refractivity contribution < 1.29 is 27.8 Å². The fraction of sp³-hybridized carbons (Fsp3) is 0.517. The maximum atomic E-state index is 13.6. The number of amides is 2. The topological polar surface area (TPSA) is 118 Å². The van der Waals surface area contributed by atoms with E-state index < -0.39 is 6.43 Å². The fourth-order valence-electron chi connectivity index (χ4n) is 5.47. The van der Waals surface area contributed by atoms with E-state index in [0.29, 0.717) is 58.2 Å². The maximum Gasteiger partial charge on any atom is 0.263 e. The van der Waals surface area contributed by atoms with Gasteiger partial charge in [0.15, 0.2) is 0 Å². The number of aromatic amines is 1. The van der Waals surface area contributed by atoms with E-state index in [1.165, 1.54) is 25.6 Å². The molecule has 214 valence electrons. The average Bonchev–Trinajstić information content (AvgIpc) is 3.68. The van der Waals surface area contributed by atoms with Crippen molar-refractivity contribution in [3.8, 4) is 17.0 Å². The number of carbonyl (C=O) groups excluding carboxylic acids is 2. The first kappa shape index (κ1) is 27.9. The minimum atomic E-state index is -2.65. The quantitative estimate of drug-likeness (QED) is 0.334. The van der Waals surface area contributed by atoms with Crippen LogP contribution >= 0.6 is 0 Å². The number of nitrogens with zero attached hydrogens (tertiary/aromatic N) is 2. The number of methoxy groups -OCH3 is 1. The molecule has 2 aliphatic rings. The number of rotatable bonds is 10. The highest BCUT2D eigenvalue weighted by Crippen LogP contribution is 2.38. The molecule has 2 heterocycles. The monoisotopic (exact) mass is 555 g/mol. The smallest absolute Gasteiger partial charge is 0.263 e. The lowest BCUT2D eigenvalue weighted by molar-refractivity contribution is -0.125. The van der Waals surface area contributed by atoms with E-state index in [9.17, 15) is 18.4 Å². The van der Waals surface area contributed by atoms with Crippen LogP contribution in [-0.4, -0.2) is 59.2 Å². The van der Waals surface area contributed by atoms with Crippen LogP contribution in [0.1, 0.15) is 67.1 Å². The Labute approximate surface area is 231 Å². The van der Waals surface area contributed by atoms with Gasteiger partial charge in [-0.05, 0) is 69.1 Å². The lowest BCUT2D eigenvalue weighted by Gasteiger charge is -2.35. The summed E-state index contributed by atoms with van der Waals surface area (Å²) in [6, 6.07) is 4.30. The van der Waals surface area contributed by atoms with E-state index in [1.807, 2.05) is 0 Å². The average molecular weight is 556 g/mol. The number of halogens is 2. The van der Waals surface area contributed by atoms with Crippen LogP contribution in [0.3, 0.4) is 0 Å². The molecule has 2 saturated carbocycles. The summed E-state index contributed by atoms with van der Waals surface area (Å²) in [6.45, 7) is 4.38. The molecule has 5 rings (SSSR count). The summed E-state index contributed by atoms with van der Waals surface area (Å²) in [7, 11) is 1.48. The molecule has 0 bridgehead atoms. The summed E-state index contributed by atoms with van der Waals surface area (Å²) in [4.78, 5) is 37.5. The summed E-state index contributed by atoms with van der Waals surface area (Å²) in [6.07, 6.45) is 3.09. The van der Waals surface area contributed by atoms with Crippen LogP contribution in [0.25, 0.3) is 22.3 Å². The predicted molar refractivity (Wildman–Crippen MR) is 145 cm³/mol. The third kappa shape index (κ3) is 6.09. The number of carbonyl (C=O) groups is 2. The third-order valence-electron chi connectivity index (χ3n) is 7.81. The van der Waals surface area contributed by atoms with Gasteiger partial charge in [-0.3, -0.25) is 9.59 Å². The summed E-state index contributed by atoms with van der Waals surface area (Å²) in [5.74, 6) is 0.684. The van der Waals surface area contributed by atoms with E-state index in [-0.39, 0.29) is 42.0 Å². The summed E-state index contributed by atoms with van der Waals surface area (Å²) in [5.41, 5.74) is 2.61. The number of H-pyrrole nitrogens is 1. The number of hydrogen-bond acceptors (Lipinski definition) is 6. The number of nitrogens with one attached hydrogen (secondary N) is 3. The molecular weight excluding hydrogens is 520 g/mol. The van der Waals surface area contributed by atoms with E-state index in [4.69, 9.17) is 9.47 Å². The van der Waals surface area contributed by atoms with Gasteiger partial charge in [0.2, 0.25) is 5.91 Å². The predicted octanol–water partition coefficient (Wildman–Crippen LogP) is 4.71. The Kier molecular flexibility index (Phi) is 8.30. The first-order chi connectivity index (χ1) is 19.2. The first-order valence-electron chi connectivity index (χ1n) is 13.7. The van der Waals surface area contributed by atoms with E-state index in [0.717, 1.165) is 25.7 Å². The SMILES string of the molecule is COCC(=O)N[C@@H]1CC[C@@H](NC(=O)c2c(C)[nH]c3c(-c4cc(C(F)F)ccc4OCC4CC4)ncnc23)[C@H](C)C1. The number of aromatic nitrogens is 3. The maximum absolute atomic E-state index is 13.6. The van der Waals surface area contributed by atoms with Crippen LogP contribution in [0, 0.1) is 18.8 Å². The Morgan fingerprint density at radius 3 is 2.65 bits per heavy atom. The van der Waals surface area contributed by atoms with Crippen molar-refractivity contribution in [2.45, 2.75) is 64.5 Å². The van der Waals surface area contributed by atoms with Crippen LogP contribution in [0.15, 0.2) is 24.5 Å². The molecule has 2 amide bonds. The molecule has 0 unspecified atom stereocenters. The highest BCUT2D eigenvalue weighted by Gasteiger charge is 2.31. The highest BCUT2D eigenvalue weighted by molar-refractivity contribution is 6.09. The molecule has 0 saturated heterocycles. The van der Waals surface area contributed by atoms with Gasteiger partial charge in [0, 0.05) is 36.0 Å². The minimum Gasteiger partial charge on any atom is -0.493 e. The van der Waals surface area contributed by atoms with Gasteiger partial charge in [-0.2, -0.15) is 0 Å². The molecule has 9 nitrogen and oxygen atoms in total. The molecule has 40 heavy (non-hydrogen) atoms. The lowest BCUT2D eigenvalue weighted by Crippen LogP contribution is -2.48. The standard InChI is InChI=1S/C29H35F2N5O4/c1-15-10-19(35-23(37)13-39-3)7-8-21(15)36-29(38)24-16(2)34-27-25(32-14-33-26(24)27)20-11-18(28(30)31)6-9-22(20)40-12-17-4-5-17/h6,9,11,14-15,17,19,21,28,34H,4-5,7-8,10,12-13H2,1-3H3,(H,35,37)(H,36,38)/t15-,19-,21-/m1/s1. The zero-order valence-electron chi connectivity index (χ0n) is 22.9. The second-order valence-electron chi connectivity index (χ2n) is 10.9. The van der Waals surface area contributed by atoms with E-state index in [1.54, 1.807) is 13.0 Å². The zero-order chi connectivity index (χ0) is 28.4. The van der Waals surface area contributed by atoms with Gasteiger partial charge in [-0.1, -0.05) is 6.92 Å². The van der Waals surface area contributed by atoms with Crippen LogP contribution in [-0.2, 0) is 9.53 Å². The summed E-state index contributed by atoms with van der Waals surface area (Å²) >= 11 is 0. The zero-order valence-corrected chi connectivity index (χ0v) is 22.9. The number of fused-ring (bicyclic) bond motifs is 1. The largest absolute Gasteiger partial charge is 0.493 e. The molecule has 0 radical (unpaired) electrons. The molecule has 0 spiro atoms. The highest BCUT2D eigenvalue weighted by atomic mass is 19.3. The normalized spacial score (nSPS) is 21.0. The Bertz CT molecular complexity index is 1390. The van der Waals surface area contributed by atoms with Crippen molar-refractivity contribution >= 4 is 22.8 Å². The van der Waals surface area contributed by atoms with Crippen LogP contribution in [0.4, 0.5) is 8.78 Å². The molecular formula is C29H35F2N5O4. The van der Waals surface area contributed by atoms with E-state index >= 15 is 0 Å². The number of benzene rings is 1. The fourth-order valence-corrected chi connectivity index (χ4v) is 5.47. The molecule has 3 aromatic rings. The van der Waals surface area contributed by atoms with Gasteiger partial charge in [-0.25, -0.2) is 18.7 Å². The van der Waals surface area contributed by atoms with E-state index in [2.05, 4.69) is 32.5 Å². The molecule has 0 aliphatic heterocycles. The number of aryl methyl sites for hydroxylation is 1. The summed E-state index contributed by atoms with van der Waals surface area (Å²) in [5, 5.41) is 6.14. The Morgan fingerprint density at radius 2 is 1.95 bits per heavy atom. The second kappa shape index (κ2) is 11.9. The molecule has 11 heteroatoms. The summed E-state index contributed by atoms with van der Waals surface area (Å²) < 4.78 is 38.1. The number of alkyl halides is 2. The molecule has 2 aliphatic carbocycles. The van der Waals surface area contributed by atoms with Crippen molar-refractivity contribution in [3.05, 3.63) is 41.3 Å². The number of hydrogen-bond donors (Lipinski definition) is 3. The van der Waals surface area contributed by atoms with Crippen LogP contribution in [0.2, 0.25) is 0 Å². The Morgan fingerprint density at radius 1 is 1.15 bits per heavy atom. The van der Waals surface area contributed by atoms with Crippen molar-refractivity contribution in [3.63, 3.8) is 0 Å². The van der Waals surface area contributed by atoms with Crippen LogP contribution < -0.4 is 15.4 Å². The van der Waals surface area contributed by atoms with Gasteiger partial charge >= 0.3 is 0 Å². The van der Waals surface area contributed by atoms with Crippen molar-refractivity contribution in [1.82, 2.24) is 25.6 Å². The Hall–Kier alpha value is -3.60. The molecule has 3 N–H and O–H groups in total. The lowest BCUT2D eigenvalue weighted by atomic mass is 9.82. The molecule has 2 aromatic heterocycles. The number of ether oxygens (including phenoxy) is 2. The first-order valence-corrected chi connectivity index (χ1v) is 13.7. The van der Waals surface area contributed by atoms with Gasteiger partial charge in [0.1, 0.15) is 29.9 Å². The van der Waals surface area contributed by atoms with Gasteiger partial charge in [0.25, 0.3) is 12.3 Å². The van der Waals surface area contributed by atoms with Gasteiger partial charge < -0.3 is 25.1 Å². The molecule has 2 fully saturated rings.